The fraction of sp³-hybridized carbons (Fsp3) is 0.133. The molecule has 0 saturated heterocycles. The van der Waals surface area contributed by atoms with Crippen molar-refractivity contribution in [1.82, 2.24) is 5.32 Å². The SMILES string of the molecule is O=C(NCc1ccccc1C(F)(F)F)c1cc([S])cc([AsH2])c1. The molecule has 0 bridgehead atoms. The van der Waals surface area contributed by atoms with Crippen LogP contribution in [0.1, 0.15) is 21.5 Å². The summed E-state index contributed by atoms with van der Waals surface area (Å²) >= 11 is 6.36. The molecular formula is C15H12AsF3NOS. The van der Waals surface area contributed by atoms with E-state index in [0.717, 1.165) is 10.4 Å². The van der Waals surface area contributed by atoms with Gasteiger partial charge in [-0.2, -0.15) is 0 Å². The summed E-state index contributed by atoms with van der Waals surface area (Å²) in [5.41, 5.74) is -0.359. The Hall–Kier alpha value is -1.52. The van der Waals surface area contributed by atoms with Crippen LogP contribution >= 0.6 is 12.6 Å². The fourth-order valence-electron chi connectivity index (χ4n) is 1.98. The van der Waals surface area contributed by atoms with E-state index in [-0.39, 0.29) is 12.1 Å². The number of hydrogen-bond donors (Lipinski definition) is 1. The van der Waals surface area contributed by atoms with Crippen LogP contribution in [0.2, 0.25) is 0 Å². The summed E-state index contributed by atoms with van der Waals surface area (Å²) in [7, 11) is 0. The summed E-state index contributed by atoms with van der Waals surface area (Å²) in [6.07, 6.45) is -4.44. The van der Waals surface area contributed by atoms with Crippen LogP contribution < -0.4 is 9.67 Å². The Morgan fingerprint density at radius 2 is 1.86 bits per heavy atom. The first-order valence-electron chi connectivity index (χ1n) is 6.28. The minimum absolute atomic E-state index is 0.0267. The van der Waals surface area contributed by atoms with Crippen LogP contribution in [0.5, 0.6) is 0 Å². The van der Waals surface area contributed by atoms with Crippen molar-refractivity contribution >= 4 is 39.7 Å². The molecule has 0 saturated carbocycles. The Balaban J connectivity index is 2.15. The van der Waals surface area contributed by atoms with E-state index in [1.807, 2.05) is 0 Å². The molecule has 1 unspecified atom stereocenters. The van der Waals surface area contributed by atoms with Gasteiger partial charge in [0, 0.05) is 0 Å². The molecule has 2 rings (SSSR count). The van der Waals surface area contributed by atoms with Gasteiger partial charge in [0.2, 0.25) is 0 Å². The zero-order valence-electron chi connectivity index (χ0n) is 11.3. The molecule has 0 aliphatic carbocycles. The quantitative estimate of drug-likeness (QED) is 0.807. The third-order valence-electron chi connectivity index (χ3n) is 2.95. The second kappa shape index (κ2) is 6.71. The first kappa shape index (κ1) is 16.8. The Morgan fingerprint density at radius 3 is 2.50 bits per heavy atom. The third kappa shape index (κ3) is 4.24. The van der Waals surface area contributed by atoms with Crippen molar-refractivity contribution in [2.75, 3.05) is 0 Å². The Kier molecular flexibility index (Phi) is 5.14. The van der Waals surface area contributed by atoms with E-state index in [0.29, 0.717) is 10.5 Å². The molecule has 0 aliphatic heterocycles. The van der Waals surface area contributed by atoms with Gasteiger partial charge in [0.1, 0.15) is 0 Å². The van der Waals surface area contributed by atoms with Gasteiger partial charge in [-0.25, -0.2) is 0 Å². The number of amides is 1. The molecule has 0 spiro atoms. The van der Waals surface area contributed by atoms with Crippen LogP contribution in [-0.2, 0) is 12.7 Å². The van der Waals surface area contributed by atoms with Gasteiger partial charge >= 0.3 is 140 Å². The topological polar surface area (TPSA) is 29.1 Å². The average Bonchev–Trinajstić information content (AvgIpc) is 2.43. The average molecular weight is 386 g/mol. The maximum absolute atomic E-state index is 12.9. The summed E-state index contributed by atoms with van der Waals surface area (Å²) in [4.78, 5) is 12.6. The summed E-state index contributed by atoms with van der Waals surface area (Å²) < 4.78 is 39.5. The molecule has 0 fully saturated rings. The first-order chi connectivity index (χ1) is 10.3. The van der Waals surface area contributed by atoms with Crippen LogP contribution in [0, 0.1) is 0 Å². The predicted octanol–water partition coefficient (Wildman–Crippen LogP) is 2.45. The first-order valence-corrected chi connectivity index (χ1v) is 7.90. The fourth-order valence-corrected chi connectivity index (χ4v) is 3.25. The van der Waals surface area contributed by atoms with Crippen molar-refractivity contribution in [3.05, 3.63) is 59.2 Å². The molecule has 2 nitrogen and oxygen atoms in total. The summed E-state index contributed by atoms with van der Waals surface area (Å²) in [6, 6.07) is 10.1. The van der Waals surface area contributed by atoms with Gasteiger partial charge in [0.15, 0.2) is 0 Å². The van der Waals surface area contributed by atoms with E-state index >= 15 is 0 Å². The van der Waals surface area contributed by atoms with Crippen LogP contribution in [0.4, 0.5) is 13.2 Å². The van der Waals surface area contributed by atoms with Crippen LogP contribution in [-0.4, -0.2) is 22.8 Å². The molecule has 22 heavy (non-hydrogen) atoms. The van der Waals surface area contributed by atoms with Crippen molar-refractivity contribution in [3.63, 3.8) is 0 Å². The standard InChI is InChI=1S/C15H12AsF3NOS/c16-11-5-10(6-12(22)7-11)14(21)20-8-9-3-1-2-4-13(9)15(17,18)19/h1-7H,8,16H2,(H,20,21). The van der Waals surface area contributed by atoms with Crippen molar-refractivity contribution in [2.24, 2.45) is 0 Å². The number of halogens is 3. The van der Waals surface area contributed by atoms with Gasteiger partial charge in [-0.05, 0) is 0 Å². The molecule has 0 aliphatic rings. The Morgan fingerprint density at radius 1 is 1.18 bits per heavy atom. The molecule has 1 N–H and O–H groups in total. The predicted molar refractivity (Wildman–Crippen MR) is 83.1 cm³/mol. The number of rotatable bonds is 3. The van der Waals surface area contributed by atoms with Crippen molar-refractivity contribution in [1.29, 1.82) is 0 Å². The van der Waals surface area contributed by atoms with Gasteiger partial charge in [-0.3, -0.25) is 0 Å². The third-order valence-corrected chi connectivity index (χ3v) is 3.89. The van der Waals surface area contributed by atoms with E-state index in [1.54, 1.807) is 12.1 Å². The summed E-state index contributed by atoms with van der Waals surface area (Å²) in [5, 5.41) is 2.50. The van der Waals surface area contributed by atoms with E-state index in [1.165, 1.54) is 41.1 Å². The van der Waals surface area contributed by atoms with Gasteiger partial charge in [0.25, 0.3) is 0 Å². The molecule has 7 heteroatoms. The van der Waals surface area contributed by atoms with Crippen molar-refractivity contribution < 1.29 is 18.0 Å². The Labute approximate surface area is 140 Å². The molecule has 2 aromatic carbocycles. The van der Waals surface area contributed by atoms with Crippen LogP contribution in [0.3, 0.4) is 0 Å². The summed E-state index contributed by atoms with van der Waals surface area (Å²) in [6.45, 7) is -0.194. The van der Waals surface area contributed by atoms with E-state index < -0.39 is 17.6 Å². The molecule has 1 atom stereocenters. The molecule has 1 radical (unpaired) electrons. The molecule has 0 aromatic heterocycles. The van der Waals surface area contributed by atoms with Gasteiger partial charge in [-0.15, -0.1) is 0 Å². The van der Waals surface area contributed by atoms with Crippen molar-refractivity contribution in [3.8, 4) is 0 Å². The number of benzene rings is 2. The number of hydrogen-bond acceptors (Lipinski definition) is 1. The van der Waals surface area contributed by atoms with Gasteiger partial charge < -0.3 is 0 Å². The van der Waals surface area contributed by atoms with Crippen molar-refractivity contribution in [2.45, 2.75) is 17.6 Å². The van der Waals surface area contributed by atoms with E-state index in [9.17, 15) is 18.0 Å². The molecule has 1 amide bonds. The van der Waals surface area contributed by atoms with E-state index in [4.69, 9.17) is 12.6 Å². The second-order valence-corrected chi connectivity index (χ2v) is 6.50. The zero-order chi connectivity index (χ0) is 16.3. The number of carbonyl (C=O) groups excluding carboxylic acids is 1. The van der Waals surface area contributed by atoms with Crippen LogP contribution in [0.25, 0.3) is 0 Å². The zero-order valence-corrected chi connectivity index (χ0v) is 14.5. The maximum atomic E-state index is 12.9. The van der Waals surface area contributed by atoms with Crippen LogP contribution in [0.15, 0.2) is 47.4 Å². The van der Waals surface area contributed by atoms with E-state index in [2.05, 4.69) is 5.32 Å². The number of nitrogens with one attached hydrogen (secondary N) is 1. The molecular weight excluding hydrogens is 374 g/mol. The molecule has 0 heterocycles. The number of carbonyl (C=O) groups is 1. The summed E-state index contributed by atoms with van der Waals surface area (Å²) in [5.74, 6) is -0.442. The molecule has 2 aromatic rings. The van der Waals surface area contributed by atoms with Gasteiger partial charge in [0.05, 0.1) is 0 Å². The second-order valence-electron chi connectivity index (χ2n) is 4.63. The normalized spacial score (nSPS) is 11.3. The molecule has 115 valence electrons. The minimum atomic E-state index is -4.44. The van der Waals surface area contributed by atoms with Gasteiger partial charge in [-0.1, -0.05) is 0 Å². The number of alkyl halides is 3. The monoisotopic (exact) mass is 386 g/mol. The Bertz CT molecular complexity index is 683.